The average Bonchev–Trinajstić information content (AvgIpc) is 2.52. The fourth-order valence-corrected chi connectivity index (χ4v) is 2.41. The van der Waals surface area contributed by atoms with E-state index in [0.717, 1.165) is 17.4 Å². The Morgan fingerprint density at radius 1 is 1.00 bits per heavy atom. The second-order valence-corrected chi connectivity index (χ2v) is 6.64. The molecule has 0 heterocycles. The molecule has 1 rings (SSSR count). The number of nitrogens with two attached hydrogens (primary N) is 1. The molecule has 0 fully saturated rings. The van der Waals surface area contributed by atoms with E-state index in [-0.39, 0.29) is 0 Å². The van der Waals surface area contributed by atoms with Gasteiger partial charge < -0.3 is 19.9 Å². The first-order valence-electron chi connectivity index (χ1n) is 8.88. The number of hydrogen-bond donors (Lipinski definition) is 2. The second kappa shape index (κ2) is 11.3. The van der Waals surface area contributed by atoms with Crippen LogP contribution in [-0.4, -0.2) is 37.0 Å². The van der Waals surface area contributed by atoms with Crippen molar-refractivity contribution in [3.8, 4) is 11.5 Å². The van der Waals surface area contributed by atoms with Gasteiger partial charge in [-0.25, -0.2) is 0 Å². The van der Waals surface area contributed by atoms with Gasteiger partial charge in [0.2, 0.25) is 0 Å². The van der Waals surface area contributed by atoms with Crippen molar-refractivity contribution in [3.05, 3.63) is 24.3 Å². The molecular formula is C19H34NO3+. The zero-order valence-electron chi connectivity index (χ0n) is 15.1. The minimum atomic E-state index is -0.450. The van der Waals surface area contributed by atoms with Crippen LogP contribution in [0.15, 0.2) is 24.3 Å². The highest BCUT2D eigenvalue weighted by atomic mass is 16.5. The molecule has 0 aliphatic carbocycles. The van der Waals surface area contributed by atoms with Crippen LogP contribution in [0.3, 0.4) is 0 Å². The van der Waals surface area contributed by atoms with E-state index in [0.29, 0.717) is 25.8 Å². The van der Waals surface area contributed by atoms with Gasteiger partial charge in [-0.1, -0.05) is 20.3 Å². The first kappa shape index (κ1) is 19.8. The molecule has 0 bridgehead atoms. The van der Waals surface area contributed by atoms with E-state index in [2.05, 4.69) is 26.1 Å². The van der Waals surface area contributed by atoms with Crippen molar-refractivity contribution < 1.29 is 19.9 Å². The number of rotatable bonds is 12. The van der Waals surface area contributed by atoms with Crippen LogP contribution in [0, 0.1) is 5.92 Å². The maximum absolute atomic E-state index is 10.0. The lowest BCUT2D eigenvalue weighted by atomic mass is 10.0. The molecule has 0 aliphatic heterocycles. The monoisotopic (exact) mass is 324 g/mol. The predicted octanol–water partition coefficient (Wildman–Crippen LogP) is 2.60. The van der Waals surface area contributed by atoms with Gasteiger partial charge in [-0.15, -0.1) is 0 Å². The Balaban J connectivity index is 2.17. The molecule has 23 heavy (non-hydrogen) atoms. The summed E-state index contributed by atoms with van der Waals surface area (Å²) < 4.78 is 11.0. The van der Waals surface area contributed by atoms with Crippen LogP contribution in [0.4, 0.5) is 0 Å². The van der Waals surface area contributed by atoms with Gasteiger partial charge in [0.15, 0.2) is 0 Å². The topological polar surface area (TPSA) is 55.3 Å². The fraction of sp³-hybridized carbons (Fsp3) is 0.684. The molecular weight excluding hydrogens is 290 g/mol. The summed E-state index contributed by atoms with van der Waals surface area (Å²) in [6.07, 6.45) is 3.29. The van der Waals surface area contributed by atoms with Crippen molar-refractivity contribution in [3.63, 3.8) is 0 Å². The fourth-order valence-electron chi connectivity index (χ4n) is 2.41. The molecule has 132 valence electrons. The molecule has 0 spiro atoms. The summed E-state index contributed by atoms with van der Waals surface area (Å²) in [7, 11) is 0. The average molecular weight is 324 g/mol. The normalized spacial score (nSPS) is 13.8. The summed E-state index contributed by atoms with van der Waals surface area (Å²) >= 11 is 0. The molecule has 0 amide bonds. The van der Waals surface area contributed by atoms with Crippen molar-refractivity contribution in [1.29, 1.82) is 0 Å². The Morgan fingerprint density at radius 3 is 2.17 bits per heavy atom. The zero-order chi connectivity index (χ0) is 17.1. The number of quaternary nitrogens is 1. The summed E-state index contributed by atoms with van der Waals surface area (Å²) in [5.74, 6) is 2.37. The van der Waals surface area contributed by atoms with Gasteiger partial charge in [-0.2, -0.15) is 0 Å². The maximum atomic E-state index is 10.0. The third-order valence-corrected chi connectivity index (χ3v) is 3.83. The van der Waals surface area contributed by atoms with E-state index in [9.17, 15) is 5.11 Å². The third-order valence-electron chi connectivity index (χ3n) is 3.83. The molecule has 0 saturated heterocycles. The summed E-state index contributed by atoms with van der Waals surface area (Å²) in [6, 6.07) is 8.06. The van der Waals surface area contributed by atoms with Gasteiger partial charge >= 0.3 is 0 Å². The van der Waals surface area contributed by atoms with Crippen molar-refractivity contribution >= 4 is 0 Å². The van der Waals surface area contributed by atoms with Crippen LogP contribution in [0.1, 0.15) is 47.0 Å². The third kappa shape index (κ3) is 9.47. The quantitative estimate of drug-likeness (QED) is 0.621. The van der Waals surface area contributed by atoms with Crippen LogP contribution in [0.2, 0.25) is 0 Å². The van der Waals surface area contributed by atoms with E-state index >= 15 is 0 Å². The lowest BCUT2D eigenvalue weighted by Gasteiger charge is -2.15. The largest absolute Gasteiger partial charge is 0.494 e. The van der Waals surface area contributed by atoms with Crippen molar-refractivity contribution in [2.45, 2.75) is 59.1 Å². The van der Waals surface area contributed by atoms with Crippen LogP contribution in [0.25, 0.3) is 0 Å². The van der Waals surface area contributed by atoms with Gasteiger partial charge in [0.1, 0.15) is 30.8 Å². The standard InChI is InChI=1S/C19H33NO3/c1-5-22-18-9-11-19(12-10-18)23-14-17(21)13-20-16(4)8-6-7-15(2)3/h9-12,15-17,20-21H,5-8,13-14H2,1-4H3/p+1/t16-,17-/m0/s1. The molecule has 0 aromatic heterocycles. The van der Waals surface area contributed by atoms with E-state index < -0.39 is 6.10 Å². The predicted molar refractivity (Wildman–Crippen MR) is 94.1 cm³/mol. The molecule has 1 aromatic carbocycles. The Kier molecular flexibility index (Phi) is 9.72. The van der Waals surface area contributed by atoms with Crippen molar-refractivity contribution in [2.24, 2.45) is 5.92 Å². The van der Waals surface area contributed by atoms with Crippen LogP contribution < -0.4 is 14.8 Å². The van der Waals surface area contributed by atoms with Crippen LogP contribution in [-0.2, 0) is 0 Å². The maximum Gasteiger partial charge on any atom is 0.137 e. The van der Waals surface area contributed by atoms with Crippen molar-refractivity contribution in [1.82, 2.24) is 0 Å². The van der Waals surface area contributed by atoms with Crippen LogP contribution in [0.5, 0.6) is 11.5 Å². The summed E-state index contributed by atoms with van der Waals surface area (Å²) in [4.78, 5) is 0. The molecule has 3 N–H and O–H groups in total. The lowest BCUT2D eigenvalue weighted by Crippen LogP contribution is -2.91. The first-order chi connectivity index (χ1) is 11.0. The number of ether oxygens (including phenoxy) is 2. The molecule has 0 saturated carbocycles. The molecule has 4 heteroatoms. The Bertz CT molecular complexity index is 406. The lowest BCUT2D eigenvalue weighted by molar-refractivity contribution is -0.692. The summed E-state index contributed by atoms with van der Waals surface area (Å²) in [6.45, 7) is 10.4. The summed E-state index contributed by atoms with van der Waals surface area (Å²) in [5, 5.41) is 12.2. The second-order valence-electron chi connectivity index (χ2n) is 6.64. The van der Waals surface area contributed by atoms with Gasteiger partial charge in [0, 0.05) is 0 Å². The van der Waals surface area contributed by atoms with E-state index in [4.69, 9.17) is 9.47 Å². The molecule has 0 aliphatic rings. The number of hydrogen-bond acceptors (Lipinski definition) is 3. The molecule has 0 radical (unpaired) electrons. The smallest absolute Gasteiger partial charge is 0.137 e. The molecule has 0 unspecified atom stereocenters. The number of aliphatic hydroxyl groups excluding tert-OH is 1. The molecule has 4 nitrogen and oxygen atoms in total. The molecule has 1 aromatic rings. The number of benzene rings is 1. The van der Waals surface area contributed by atoms with Gasteiger partial charge in [0.25, 0.3) is 0 Å². The first-order valence-corrected chi connectivity index (χ1v) is 8.88. The van der Waals surface area contributed by atoms with Crippen LogP contribution >= 0.6 is 0 Å². The SMILES string of the molecule is CCOc1ccc(OC[C@@H](O)C[NH2+][C@@H](C)CCCC(C)C)cc1. The zero-order valence-corrected chi connectivity index (χ0v) is 15.1. The van der Waals surface area contributed by atoms with Crippen molar-refractivity contribution in [2.75, 3.05) is 19.8 Å². The highest BCUT2D eigenvalue weighted by Gasteiger charge is 2.11. The molecule has 2 atom stereocenters. The Labute approximate surface area is 141 Å². The Morgan fingerprint density at radius 2 is 1.61 bits per heavy atom. The van der Waals surface area contributed by atoms with Gasteiger partial charge in [0.05, 0.1) is 12.6 Å². The Hall–Kier alpha value is -1.26. The van der Waals surface area contributed by atoms with E-state index in [1.807, 2.05) is 31.2 Å². The minimum Gasteiger partial charge on any atom is -0.494 e. The van der Waals surface area contributed by atoms with E-state index in [1.165, 1.54) is 19.3 Å². The highest BCUT2D eigenvalue weighted by molar-refractivity contribution is 5.31. The van der Waals surface area contributed by atoms with Gasteiger partial charge in [-0.3, -0.25) is 0 Å². The van der Waals surface area contributed by atoms with Gasteiger partial charge in [-0.05, 0) is 56.9 Å². The highest BCUT2D eigenvalue weighted by Crippen LogP contribution is 2.17. The number of aliphatic hydroxyl groups is 1. The minimum absolute atomic E-state index is 0.323. The van der Waals surface area contributed by atoms with E-state index in [1.54, 1.807) is 0 Å². The summed E-state index contributed by atoms with van der Waals surface area (Å²) in [5.41, 5.74) is 0.